The standard InChI is InChI=1S/C32H25NO4/c1-20-16-21(2)30-26(17-20)29(34)27-28(23-12-9-15-25(18-23)36-24-13-7-4-8-14-24)33(32(35)31(27)37-30)19-22-10-5-3-6-11-22/h3-18,28H,19H2,1-2H3. The highest BCUT2D eigenvalue weighted by Crippen LogP contribution is 2.40. The van der Waals surface area contributed by atoms with Gasteiger partial charge in [-0.1, -0.05) is 66.7 Å². The molecule has 1 amide bonds. The highest BCUT2D eigenvalue weighted by molar-refractivity contribution is 5.99. The topological polar surface area (TPSA) is 59.8 Å². The molecule has 0 saturated carbocycles. The summed E-state index contributed by atoms with van der Waals surface area (Å²) >= 11 is 0. The molecule has 1 aromatic heterocycles. The molecule has 1 atom stereocenters. The third-order valence-electron chi connectivity index (χ3n) is 6.75. The van der Waals surface area contributed by atoms with Crippen molar-refractivity contribution in [1.82, 2.24) is 4.90 Å². The summed E-state index contributed by atoms with van der Waals surface area (Å²) in [6, 6.07) is 30.0. The molecule has 1 unspecified atom stereocenters. The van der Waals surface area contributed by atoms with Crippen molar-refractivity contribution >= 4 is 16.9 Å². The van der Waals surface area contributed by atoms with Crippen LogP contribution < -0.4 is 10.2 Å². The van der Waals surface area contributed by atoms with E-state index >= 15 is 0 Å². The largest absolute Gasteiger partial charge is 0.457 e. The first-order chi connectivity index (χ1) is 18.0. The lowest BCUT2D eigenvalue weighted by atomic mass is 9.97. The predicted molar refractivity (Wildman–Crippen MR) is 143 cm³/mol. The first kappa shape index (κ1) is 22.8. The van der Waals surface area contributed by atoms with E-state index in [0.717, 1.165) is 22.3 Å². The van der Waals surface area contributed by atoms with Crippen LogP contribution in [0.25, 0.3) is 11.0 Å². The lowest BCUT2D eigenvalue weighted by Crippen LogP contribution is -2.29. The summed E-state index contributed by atoms with van der Waals surface area (Å²) in [5.41, 5.74) is 4.21. The van der Waals surface area contributed by atoms with E-state index in [-0.39, 0.29) is 17.1 Å². The monoisotopic (exact) mass is 487 g/mol. The number of benzene rings is 4. The summed E-state index contributed by atoms with van der Waals surface area (Å²) < 4.78 is 12.3. The number of fused-ring (bicyclic) bond motifs is 2. The molecule has 0 saturated heterocycles. The number of aryl methyl sites for hydroxylation is 2. The minimum atomic E-state index is -0.608. The number of carbonyl (C=O) groups is 1. The Hall–Kier alpha value is -4.64. The minimum Gasteiger partial charge on any atom is -0.457 e. The van der Waals surface area contributed by atoms with Crippen molar-refractivity contribution < 1.29 is 13.9 Å². The summed E-state index contributed by atoms with van der Waals surface area (Å²) in [5.74, 6) is 1.15. The maximum Gasteiger partial charge on any atom is 0.291 e. The third-order valence-corrected chi connectivity index (χ3v) is 6.75. The van der Waals surface area contributed by atoms with Crippen LogP contribution in [0.1, 0.15) is 44.4 Å². The molecule has 5 aromatic rings. The van der Waals surface area contributed by atoms with Crippen LogP contribution in [0.4, 0.5) is 0 Å². The molecule has 0 fully saturated rings. The molecule has 1 aliphatic heterocycles. The van der Waals surface area contributed by atoms with E-state index < -0.39 is 6.04 Å². The number of hydrogen-bond acceptors (Lipinski definition) is 4. The van der Waals surface area contributed by atoms with Crippen LogP contribution in [0, 0.1) is 13.8 Å². The molecule has 5 nitrogen and oxygen atoms in total. The normalized spacial score (nSPS) is 14.7. The highest BCUT2D eigenvalue weighted by Gasteiger charge is 2.43. The van der Waals surface area contributed by atoms with E-state index in [4.69, 9.17) is 9.15 Å². The van der Waals surface area contributed by atoms with Crippen LogP contribution in [0.5, 0.6) is 11.5 Å². The van der Waals surface area contributed by atoms with Gasteiger partial charge >= 0.3 is 0 Å². The van der Waals surface area contributed by atoms with Gasteiger partial charge in [-0.25, -0.2) is 0 Å². The smallest absolute Gasteiger partial charge is 0.291 e. The molecule has 37 heavy (non-hydrogen) atoms. The van der Waals surface area contributed by atoms with Crippen LogP contribution in [0.2, 0.25) is 0 Å². The quantitative estimate of drug-likeness (QED) is 0.269. The van der Waals surface area contributed by atoms with E-state index in [1.54, 1.807) is 4.90 Å². The number of rotatable bonds is 5. The van der Waals surface area contributed by atoms with Gasteiger partial charge in [-0.3, -0.25) is 9.59 Å². The first-order valence-electron chi connectivity index (χ1n) is 12.3. The van der Waals surface area contributed by atoms with E-state index in [2.05, 4.69) is 0 Å². The van der Waals surface area contributed by atoms with Gasteiger partial charge in [-0.05, 0) is 66.4 Å². The lowest BCUT2D eigenvalue weighted by Gasteiger charge is -2.25. The van der Waals surface area contributed by atoms with Gasteiger partial charge in [0.15, 0.2) is 5.43 Å². The van der Waals surface area contributed by atoms with Crippen molar-refractivity contribution in [3.63, 3.8) is 0 Å². The molecule has 1 aliphatic rings. The average Bonchev–Trinajstić information content (AvgIpc) is 3.18. The van der Waals surface area contributed by atoms with Gasteiger partial charge in [0, 0.05) is 6.54 Å². The molecular formula is C32H25NO4. The Labute approximate surface area is 214 Å². The summed E-state index contributed by atoms with van der Waals surface area (Å²) in [7, 11) is 0. The molecule has 0 bridgehead atoms. The van der Waals surface area contributed by atoms with Gasteiger partial charge < -0.3 is 14.1 Å². The van der Waals surface area contributed by atoms with Gasteiger partial charge in [0.25, 0.3) is 5.91 Å². The Kier molecular flexibility index (Phi) is 5.61. The van der Waals surface area contributed by atoms with Gasteiger partial charge in [0.2, 0.25) is 5.76 Å². The second kappa shape index (κ2) is 9.10. The van der Waals surface area contributed by atoms with Crippen molar-refractivity contribution in [1.29, 1.82) is 0 Å². The summed E-state index contributed by atoms with van der Waals surface area (Å²) in [6.07, 6.45) is 0. The molecule has 0 spiro atoms. The number of nitrogens with zero attached hydrogens (tertiary/aromatic N) is 1. The molecule has 182 valence electrons. The number of amides is 1. The number of hydrogen-bond donors (Lipinski definition) is 0. The van der Waals surface area contributed by atoms with Crippen molar-refractivity contribution in [2.75, 3.05) is 0 Å². The highest BCUT2D eigenvalue weighted by atomic mass is 16.5. The van der Waals surface area contributed by atoms with Gasteiger partial charge in [0.1, 0.15) is 17.1 Å². The lowest BCUT2D eigenvalue weighted by molar-refractivity contribution is 0.0714. The van der Waals surface area contributed by atoms with Crippen LogP contribution in [-0.4, -0.2) is 10.8 Å². The van der Waals surface area contributed by atoms with E-state index in [1.807, 2.05) is 111 Å². The Morgan fingerprint density at radius 2 is 1.51 bits per heavy atom. The second-order valence-corrected chi connectivity index (χ2v) is 9.44. The molecule has 0 N–H and O–H groups in total. The first-order valence-corrected chi connectivity index (χ1v) is 12.3. The van der Waals surface area contributed by atoms with Crippen molar-refractivity contribution in [2.45, 2.75) is 26.4 Å². The average molecular weight is 488 g/mol. The van der Waals surface area contributed by atoms with Crippen LogP contribution >= 0.6 is 0 Å². The Morgan fingerprint density at radius 3 is 2.27 bits per heavy atom. The number of ether oxygens (including phenoxy) is 1. The maximum atomic E-state index is 14.0. The molecule has 0 radical (unpaired) electrons. The summed E-state index contributed by atoms with van der Waals surface area (Å²) in [6.45, 7) is 4.19. The van der Waals surface area contributed by atoms with Gasteiger partial charge in [-0.2, -0.15) is 0 Å². The van der Waals surface area contributed by atoms with Crippen LogP contribution in [0.3, 0.4) is 0 Å². The minimum absolute atomic E-state index is 0.111. The van der Waals surface area contributed by atoms with Gasteiger partial charge in [-0.15, -0.1) is 0 Å². The zero-order valence-electron chi connectivity index (χ0n) is 20.6. The molecule has 6 rings (SSSR count). The van der Waals surface area contributed by atoms with E-state index in [0.29, 0.717) is 34.6 Å². The number of para-hydroxylation sites is 1. The Morgan fingerprint density at radius 1 is 0.811 bits per heavy atom. The van der Waals surface area contributed by atoms with Gasteiger partial charge in [0.05, 0.1) is 17.0 Å². The molecular weight excluding hydrogens is 462 g/mol. The SMILES string of the molecule is Cc1cc(C)c2oc3c(c(=O)c2c1)C(c1cccc(Oc2ccccc2)c1)N(Cc1ccccc1)C3=O. The van der Waals surface area contributed by atoms with Crippen molar-refractivity contribution in [3.8, 4) is 11.5 Å². The fourth-order valence-corrected chi connectivity index (χ4v) is 5.14. The van der Waals surface area contributed by atoms with E-state index in [9.17, 15) is 9.59 Å². The van der Waals surface area contributed by atoms with Crippen molar-refractivity contribution in [2.24, 2.45) is 0 Å². The molecule has 4 aromatic carbocycles. The van der Waals surface area contributed by atoms with Crippen LogP contribution in [0.15, 0.2) is 106 Å². The fourth-order valence-electron chi connectivity index (χ4n) is 5.14. The predicted octanol–water partition coefficient (Wildman–Crippen LogP) is 6.95. The molecule has 2 heterocycles. The second-order valence-electron chi connectivity index (χ2n) is 9.44. The zero-order valence-corrected chi connectivity index (χ0v) is 20.6. The summed E-state index contributed by atoms with van der Waals surface area (Å²) in [5, 5.41) is 0.493. The van der Waals surface area contributed by atoms with Crippen LogP contribution in [-0.2, 0) is 6.54 Å². The molecule has 0 aliphatic carbocycles. The van der Waals surface area contributed by atoms with E-state index in [1.165, 1.54) is 0 Å². The maximum absolute atomic E-state index is 14.0. The third kappa shape index (κ3) is 4.08. The fraction of sp³-hybridized carbons (Fsp3) is 0.125. The Bertz CT molecular complexity index is 1690. The Balaban J connectivity index is 1.53. The van der Waals surface area contributed by atoms with Crippen molar-refractivity contribution in [3.05, 3.63) is 141 Å². The molecule has 5 heteroatoms. The zero-order chi connectivity index (χ0) is 25.5. The summed E-state index contributed by atoms with van der Waals surface area (Å²) in [4.78, 5) is 29.5. The number of carbonyl (C=O) groups excluding carboxylic acids is 1.